The van der Waals surface area contributed by atoms with Crippen LogP contribution < -0.4 is 5.32 Å². The molecule has 4 heteroatoms. The van der Waals surface area contributed by atoms with E-state index in [0.717, 1.165) is 15.9 Å². The van der Waals surface area contributed by atoms with Gasteiger partial charge in [-0.05, 0) is 37.6 Å². The van der Waals surface area contributed by atoms with E-state index in [0.29, 0.717) is 0 Å². The van der Waals surface area contributed by atoms with E-state index in [1.807, 2.05) is 5.51 Å². The molecule has 2 rings (SSSR count). The molecule has 2 nitrogen and oxygen atoms in total. The molecule has 0 bridgehead atoms. The summed E-state index contributed by atoms with van der Waals surface area (Å²) in [5.41, 5.74) is 5.30. The van der Waals surface area contributed by atoms with Gasteiger partial charge in [-0.2, -0.15) is 0 Å². The fraction of sp³-hybridized carbons (Fsp3) is 0.250. The second-order valence-corrected chi connectivity index (χ2v) is 5.43. The van der Waals surface area contributed by atoms with E-state index < -0.39 is 0 Å². The highest BCUT2D eigenvalue weighted by molar-refractivity contribution is 9.10. The van der Waals surface area contributed by atoms with Gasteiger partial charge in [0.05, 0.1) is 17.2 Å². The van der Waals surface area contributed by atoms with Crippen LogP contribution in [0.15, 0.2) is 33.6 Å². The van der Waals surface area contributed by atoms with Gasteiger partial charge in [-0.15, -0.1) is 11.3 Å². The lowest BCUT2D eigenvalue weighted by Crippen LogP contribution is -2.06. The molecule has 0 saturated carbocycles. The highest BCUT2D eigenvalue weighted by atomic mass is 79.9. The van der Waals surface area contributed by atoms with Crippen LogP contribution in [-0.2, 0) is 0 Å². The molecule has 0 aliphatic rings. The van der Waals surface area contributed by atoms with Crippen molar-refractivity contribution in [3.8, 4) is 0 Å². The van der Waals surface area contributed by atoms with Crippen LogP contribution in [-0.4, -0.2) is 4.98 Å². The van der Waals surface area contributed by atoms with E-state index in [-0.39, 0.29) is 6.04 Å². The molecule has 0 aliphatic heterocycles. The van der Waals surface area contributed by atoms with Crippen LogP contribution in [0.1, 0.15) is 24.2 Å². The number of hydrogen-bond donors (Lipinski definition) is 1. The minimum atomic E-state index is 0.236. The van der Waals surface area contributed by atoms with E-state index in [1.165, 1.54) is 5.56 Å². The topological polar surface area (TPSA) is 24.9 Å². The van der Waals surface area contributed by atoms with Gasteiger partial charge in [0.2, 0.25) is 0 Å². The zero-order valence-electron chi connectivity index (χ0n) is 9.20. The summed E-state index contributed by atoms with van der Waals surface area (Å²) in [7, 11) is 0. The lowest BCUT2D eigenvalue weighted by Gasteiger charge is -2.14. The summed E-state index contributed by atoms with van der Waals surface area (Å²) in [5, 5.41) is 5.51. The number of aryl methyl sites for hydroxylation is 1. The zero-order chi connectivity index (χ0) is 11.5. The minimum Gasteiger partial charge on any atom is -0.377 e. The Morgan fingerprint density at radius 3 is 2.81 bits per heavy atom. The van der Waals surface area contributed by atoms with Crippen molar-refractivity contribution in [1.82, 2.24) is 4.98 Å². The summed E-state index contributed by atoms with van der Waals surface area (Å²) in [6, 6.07) is 6.54. The predicted octanol–water partition coefficient (Wildman–Crippen LogP) is 4.39. The summed E-state index contributed by atoms with van der Waals surface area (Å²) in [4.78, 5) is 4.30. The number of hydrogen-bond acceptors (Lipinski definition) is 3. The van der Waals surface area contributed by atoms with Crippen molar-refractivity contribution in [2.75, 3.05) is 5.32 Å². The Morgan fingerprint density at radius 1 is 1.38 bits per heavy atom. The van der Waals surface area contributed by atoms with Gasteiger partial charge in [-0.3, -0.25) is 0 Å². The molecule has 1 heterocycles. The van der Waals surface area contributed by atoms with E-state index in [1.54, 1.807) is 11.3 Å². The van der Waals surface area contributed by atoms with Gasteiger partial charge in [-0.25, -0.2) is 4.98 Å². The van der Waals surface area contributed by atoms with Crippen LogP contribution in [0, 0.1) is 6.92 Å². The molecule has 0 aliphatic carbocycles. The quantitative estimate of drug-likeness (QED) is 0.909. The predicted molar refractivity (Wildman–Crippen MR) is 73.0 cm³/mol. The standard InChI is InChI=1S/C12H13BrN2S/c1-8-3-10(13)5-11(4-8)15-9(2)12-6-16-7-14-12/h3-7,9,15H,1-2H3. The zero-order valence-corrected chi connectivity index (χ0v) is 11.6. The number of nitrogens with zero attached hydrogens (tertiary/aromatic N) is 1. The monoisotopic (exact) mass is 296 g/mol. The highest BCUT2D eigenvalue weighted by Gasteiger charge is 2.07. The van der Waals surface area contributed by atoms with E-state index in [9.17, 15) is 0 Å². The first-order valence-electron chi connectivity index (χ1n) is 5.07. The Bertz CT molecular complexity index is 448. The Balaban J connectivity index is 2.15. The third-order valence-corrected chi connectivity index (χ3v) is 3.38. The summed E-state index contributed by atoms with van der Waals surface area (Å²) < 4.78 is 1.10. The molecule has 0 radical (unpaired) electrons. The van der Waals surface area contributed by atoms with Crippen LogP contribution in [0.4, 0.5) is 5.69 Å². The van der Waals surface area contributed by atoms with Gasteiger partial charge in [0.25, 0.3) is 0 Å². The summed E-state index contributed by atoms with van der Waals surface area (Å²) in [6.45, 7) is 4.20. The SMILES string of the molecule is Cc1cc(Br)cc(NC(C)c2cscn2)c1. The summed E-state index contributed by atoms with van der Waals surface area (Å²) in [5.74, 6) is 0. The second kappa shape index (κ2) is 4.97. The van der Waals surface area contributed by atoms with Crippen molar-refractivity contribution in [3.05, 3.63) is 44.8 Å². The molecule has 1 aromatic heterocycles. The second-order valence-electron chi connectivity index (χ2n) is 3.80. The van der Waals surface area contributed by atoms with Crippen molar-refractivity contribution >= 4 is 33.0 Å². The average Bonchev–Trinajstić information content (AvgIpc) is 2.68. The number of rotatable bonds is 3. The van der Waals surface area contributed by atoms with Crippen LogP contribution in [0.5, 0.6) is 0 Å². The lowest BCUT2D eigenvalue weighted by molar-refractivity contribution is 0.850. The normalized spacial score (nSPS) is 12.4. The fourth-order valence-corrected chi connectivity index (χ4v) is 2.83. The lowest BCUT2D eigenvalue weighted by atomic mass is 10.2. The maximum absolute atomic E-state index is 4.30. The van der Waals surface area contributed by atoms with Crippen molar-refractivity contribution in [2.45, 2.75) is 19.9 Å². The first-order chi connectivity index (χ1) is 7.65. The van der Waals surface area contributed by atoms with Crippen LogP contribution in [0.2, 0.25) is 0 Å². The molecule has 16 heavy (non-hydrogen) atoms. The van der Waals surface area contributed by atoms with Gasteiger partial charge in [0, 0.05) is 15.5 Å². The van der Waals surface area contributed by atoms with Gasteiger partial charge < -0.3 is 5.32 Å². The molecule has 84 valence electrons. The minimum absolute atomic E-state index is 0.236. The van der Waals surface area contributed by atoms with Gasteiger partial charge >= 0.3 is 0 Å². The molecule has 0 amide bonds. The molecule has 0 spiro atoms. The average molecular weight is 297 g/mol. The molecule has 2 aromatic rings. The summed E-state index contributed by atoms with van der Waals surface area (Å²) in [6.07, 6.45) is 0. The maximum Gasteiger partial charge on any atom is 0.0795 e. The highest BCUT2D eigenvalue weighted by Crippen LogP contribution is 2.23. The molecule has 0 fully saturated rings. The number of benzene rings is 1. The third-order valence-electron chi connectivity index (χ3n) is 2.32. The van der Waals surface area contributed by atoms with Crippen molar-refractivity contribution in [2.24, 2.45) is 0 Å². The van der Waals surface area contributed by atoms with E-state index in [4.69, 9.17) is 0 Å². The molecule has 1 unspecified atom stereocenters. The Morgan fingerprint density at radius 2 is 2.19 bits per heavy atom. The maximum atomic E-state index is 4.30. The smallest absolute Gasteiger partial charge is 0.0795 e. The van der Waals surface area contributed by atoms with Crippen LogP contribution in [0.3, 0.4) is 0 Å². The van der Waals surface area contributed by atoms with Crippen molar-refractivity contribution in [1.29, 1.82) is 0 Å². The first kappa shape index (κ1) is 11.6. The Labute approximate surface area is 108 Å². The van der Waals surface area contributed by atoms with Crippen LogP contribution in [0.25, 0.3) is 0 Å². The number of nitrogens with one attached hydrogen (secondary N) is 1. The first-order valence-corrected chi connectivity index (χ1v) is 6.80. The van der Waals surface area contributed by atoms with E-state index in [2.05, 4.69) is 63.7 Å². The largest absolute Gasteiger partial charge is 0.377 e. The molecular formula is C12H13BrN2S. The fourth-order valence-electron chi connectivity index (χ4n) is 1.58. The Kier molecular flexibility index (Phi) is 3.61. The van der Waals surface area contributed by atoms with Gasteiger partial charge in [0.1, 0.15) is 0 Å². The number of halogens is 1. The number of aromatic nitrogens is 1. The molecular weight excluding hydrogens is 284 g/mol. The Hall–Kier alpha value is -0.870. The third kappa shape index (κ3) is 2.83. The van der Waals surface area contributed by atoms with Crippen molar-refractivity contribution < 1.29 is 0 Å². The summed E-state index contributed by atoms with van der Waals surface area (Å²) >= 11 is 5.12. The van der Waals surface area contributed by atoms with Crippen LogP contribution >= 0.6 is 27.3 Å². The van der Waals surface area contributed by atoms with Crippen molar-refractivity contribution in [3.63, 3.8) is 0 Å². The van der Waals surface area contributed by atoms with Gasteiger partial charge in [0.15, 0.2) is 0 Å². The number of thiazole rings is 1. The molecule has 1 aromatic carbocycles. The van der Waals surface area contributed by atoms with E-state index >= 15 is 0 Å². The molecule has 1 atom stereocenters. The number of anilines is 1. The molecule has 1 N–H and O–H groups in total. The molecule has 0 saturated heterocycles. The van der Waals surface area contributed by atoms with Gasteiger partial charge in [-0.1, -0.05) is 15.9 Å².